The van der Waals surface area contributed by atoms with Crippen LogP contribution < -0.4 is 4.90 Å². The van der Waals surface area contributed by atoms with Crippen molar-refractivity contribution in [3.05, 3.63) is 46.9 Å². The maximum Gasteiger partial charge on any atom is 0.254 e. The van der Waals surface area contributed by atoms with Gasteiger partial charge in [-0.05, 0) is 31.5 Å². The molecule has 3 rings (SSSR count). The van der Waals surface area contributed by atoms with Crippen molar-refractivity contribution in [2.45, 2.75) is 13.8 Å². The lowest BCUT2D eigenvalue weighted by Gasteiger charge is -2.35. The Morgan fingerprint density at radius 1 is 1.12 bits per heavy atom. The van der Waals surface area contributed by atoms with E-state index in [4.69, 9.17) is 0 Å². The van der Waals surface area contributed by atoms with Gasteiger partial charge in [0.2, 0.25) is 0 Å². The number of pyridine rings is 1. The number of aromatic nitrogens is 3. The van der Waals surface area contributed by atoms with Crippen LogP contribution in [0.3, 0.4) is 0 Å². The molecule has 3 heterocycles. The normalized spacial score (nSPS) is 14.4. The predicted octanol–water partition coefficient (Wildman–Crippen LogP) is 1.32. The maximum atomic E-state index is 12.5. The van der Waals surface area contributed by atoms with Crippen molar-refractivity contribution in [1.29, 1.82) is 5.26 Å². The Hall–Kier alpha value is -3.01. The average Bonchev–Trinajstić information content (AvgIpc) is 2.64. The highest BCUT2D eigenvalue weighted by Gasteiger charge is 2.25. The molecule has 2 aromatic heterocycles. The van der Waals surface area contributed by atoms with Gasteiger partial charge >= 0.3 is 0 Å². The highest BCUT2D eigenvalue weighted by molar-refractivity contribution is 5.94. The van der Waals surface area contributed by atoms with Crippen LogP contribution in [0, 0.1) is 25.2 Å². The molecule has 0 aliphatic carbocycles. The van der Waals surface area contributed by atoms with Crippen molar-refractivity contribution in [1.82, 2.24) is 20.1 Å². The van der Waals surface area contributed by atoms with Crippen molar-refractivity contribution < 1.29 is 4.79 Å². The van der Waals surface area contributed by atoms with Crippen molar-refractivity contribution in [2.75, 3.05) is 31.1 Å². The summed E-state index contributed by atoms with van der Waals surface area (Å²) in [5.74, 6) is 0.611. The fraction of sp³-hybridized carbons (Fsp3) is 0.353. The number of hydrogen-bond donors (Lipinski definition) is 0. The predicted molar refractivity (Wildman–Crippen MR) is 88.6 cm³/mol. The third kappa shape index (κ3) is 2.91. The van der Waals surface area contributed by atoms with Crippen molar-refractivity contribution >= 4 is 11.7 Å². The lowest BCUT2D eigenvalue weighted by atomic mass is 10.1. The summed E-state index contributed by atoms with van der Waals surface area (Å²) < 4.78 is 0. The zero-order valence-corrected chi connectivity index (χ0v) is 13.7. The molecule has 2 aromatic rings. The number of anilines is 1. The van der Waals surface area contributed by atoms with Gasteiger partial charge in [-0.1, -0.05) is 0 Å². The molecule has 1 fully saturated rings. The molecule has 0 saturated carbocycles. The molecule has 7 heteroatoms. The first-order valence-electron chi connectivity index (χ1n) is 7.80. The summed E-state index contributed by atoms with van der Waals surface area (Å²) >= 11 is 0. The molecular weight excluding hydrogens is 304 g/mol. The van der Waals surface area contributed by atoms with E-state index in [9.17, 15) is 10.1 Å². The third-order valence-corrected chi connectivity index (χ3v) is 4.34. The van der Waals surface area contributed by atoms with Gasteiger partial charge in [0.05, 0.1) is 5.69 Å². The Morgan fingerprint density at radius 3 is 2.42 bits per heavy atom. The number of carbonyl (C=O) groups is 1. The van der Waals surface area contributed by atoms with Crippen LogP contribution >= 0.6 is 0 Å². The molecule has 0 bridgehead atoms. The van der Waals surface area contributed by atoms with E-state index in [0.29, 0.717) is 43.1 Å². The van der Waals surface area contributed by atoms with E-state index >= 15 is 0 Å². The van der Waals surface area contributed by atoms with Crippen LogP contribution in [-0.4, -0.2) is 52.2 Å². The maximum absolute atomic E-state index is 12.5. The van der Waals surface area contributed by atoms with Crippen molar-refractivity contribution in [3.8, 4) is 6.07 Å². The molecule has 0 aromatic carbocycles. The first-order chi connectivity index (χ1) is 11.6. The molecule has 7 nitrogen and oxygen atoms in total. The monoisotopic (exact) mass is 322 g/mol. The zero-order valence-electron chi connectivity index (χ0n) is 13.7. The molecule has 0 spiro atoms. The van der Waals surface area contributed by atoms with Crippen LogP contribution in [0.5, 0.6) is 0 Å². The Kier molecular flexibility index (Phi) is 4.38. The number of amides is 1. The van der Waals surface area contributed by atoms with Gasteiger partial charge in [0.1, 0.15) is 11.6 Å². The highest BCUT2D eigenvalue weighted by Crippen LogP contribution is 2.22. The van der Waals surface area contributed by atoms with Crippen LogP contribution in [0.2, 0.25) is 0 Å². The number of rotatable bonds is 2. The second-order valence-electron chi connectivity index (χ2n) is 5.74. The second-order valence-corrected chi connectivity index (χ2v) is 5.74. The van der Waals surface area contributed by atoms with Crippen molar-refractivity contribution in [2.24, 2.45) is 0 Å². The average molecular weight is 322 g/mol. The number of aryl methyl sites for hydroxylation is 1. The molecule has 24 heavy (non-hydrogen) atoms. The van der Waals surface area contributed by atoms with Gasteiger partial charge in [-0.3, -0.25) is 9.78 Å². The Bertz CT molecular complexity index is 791. The summed E-state index contributed by atoms with van der Waals surface area (Å²) in [5, 5.41) is 17.8. The number of carbonyl (C=O) groups excluding carboxylic acids is 1. The fourth-order valence-corrected chi connectivity index (χ4v) is 2.75. The quantitative estimate of drug-likeness (QED) is 0.829. The van der Waals surface area contributed by atoms with Crippen LogP contribution in [0.1, 0.15) is 27.2 Å². The summed E-state index contributed by atoms with van der Waals surface area (Å²) in [4.78, 5) is 20.2. The summed E-state index contributed by atoms with van der Waals surface area (Å²) in [6, 6.07) is 5.67. The van der Waals surface area contributed by atoms with Crippen LogP contribution in [0.25, 0.3) is 0 Å². The van der Waals surface area contributed by atoms with E-state index in [1.807, 2.05) is 23.6 Å². The lowest BCUT2D eigenvalue weighted by Crippen LogP contribution is -2.49. The van der Waals surface area contributed by atoms with Crippen LogP contribution in [0.15, 0.2) is 24.5 Å². The highest BCUT2D eigenvalue weighted by atomic mass is 16.2. The molecule has 122 valence electrons. The molecule has 0 atom stereocenters. The van der Waals surface area contributed by atoms with Gasteiger partial charge in [0.25, 0.3) is 5.91 Å². The van der Waals surface area contributed by atoms with Crippen LogP contribution in [0.4, 0.5) is 5.82 Å². The Labute approximate surface area is 140 Å². The minimum atomic E-state index is 0.00345. The van der Waals surface area contributed by atoms with Crippen molar-refractivity contribution in [3.63, 3.8) is 0 Å². The van der Waals surface area contributed by atoms with E-state index in [1.54, 1.807) is 24.5 Å². The van der Waals surface area contributed by atoms with E-state index in [0.717, 1.165) is 11.3 Å². The van der Waals surface area contributed by atoms with Gasteiger partial charge < -0.3 is 9.80 Å². The third-order valence-electron chi connectivity index (χ3n) is 4.34. The molecule has 1 amide bonds. The van der Waals surface area contributed by atoms with E-state index in [-0.39, 0.29) is 5.91 Å². The summed E-state index contributed by atoms with van der Waals surface area (Å²) in [5.41, 5.74) is 2.83. The summed E-state index contributed by atoms with van der Waals surface area (Å²) in [7, 11) is 0. The summed E-state index contributed by atoms with van der Waals surface area (Å²) in [6.45, 7) is 6.15. The molecule has 0 radical (unpaired) electrons. The van der Waals surface area contributed by atoms with E-state index < -0.39 is 0 Å². The molecule has 0 N–H and O–H groups in total. The van der Waals surface area contributed by atoms with Gasteiger partial charge in [0, 0.05) is 44.1 Å². The van der Waals surface area contributed by atoms with Gasteiger partial charge in [-0.25, -0.2) is 0 Å². The molecular formula is C17H18N6O. The minimum Gasteiger partial charge on any atom is -0.350 e. The number of hydrogen-bond acceptors (Lipinski definition) is 6. The van der Waals surface area contributed by atoms with E-state index in [1.165, 1.54) is 0 Å². The fourth-order valence-electron chi connectivity index (χ4n) is 2.75. The smallest absolute Gasteiger partial charge is 0.254 e. The van der Waals surface area contributed by atoms with E-state index in [2.05, 4.69) is 21.3 Å². The molecule has 1 saturated heterocycles. The summed E-state index contributed by atoms with van der Waals surface area (Å²) in [6.07, 6.45) is 3.24. The first kappa shape index (κ1) is 15.9. The lowest BCUT2D eigenvalue weighted by molar-refractivity contribution is 0.0746. The Morgan fingerprint density at radius 2 is 1.79 bits per heavy atom. The van der Waals surface area contributed by atoms with Crippen LogP contribution in [-0.2, 0) is 0 Å². The number of nitriles is 1. The minimum absolute atomic E-state index is 0.00345. The SMILES string of the molecule is Cc1nnc(N2CCN(C(=O)c3ccncc3)CC2)c(C#N)c1C. The van der Waals surface area contributed by atoms with Gasteiger partial charge in [-0.2, -0.15) is 10.4 Å². The zero-order chi connectivity index (χ0) is 17.1. The molecule has 1 aliphatic rings. The topological polar surface area (TPSA) is 86.0 Å². The first-order valence-corrected chi connectivity index (χ1v) is 7.80. The van der Waals surface area contributed by atoms with Gasteiger partial charge in [-0.15, -0.1) is 5.10 Å². The standard InChI is InChI=1S/C17H18N6O/c1-12-13(2)20-21-16(15(12)11-18)22-7-9-23(10-8-22)17(24)14-3-5-19-6-4-14/h3-6H,7-10H2,1-2H3. The van der Waals surface area contributed by atoms with Gasteiger partial charge in [0.15, 0.2) is 5.82 Å². The molecule has 0 unspecified atom stereocenters. The number of piperazine rings is 1. The largest absolute Gasteiger partial charge is 0.350 e. The molecule has 1 aliphatic heterocycles. The Balaban J connectivity index is 1.73. The second kappa shape index (κ2) is 6.62. The number of nitrogens with zero attached hydrogens (tertiary/aromatic N) is 6.